The van der Waals surface area contributed by atoms with Crippen molar-refractivity contribution in [3.8, 4) is 0 Å². The zero-order chi connectivity index (χ0) is 16.7. The third-order valence-corrected chi connectivity index (χ3v) is 5.07. The van der Waals surface area contributed by atoms with Gasteiger partial charge < -0.3 is 14.8 Å². The average molecular weight is 354 g/mol. The molecule has 1 aromatic carbocycles. The monoisotopic (exact) mass is 353 g/mol. The lowest BCUT2D eigenvalue weighted by atomic mass is 10.1. The number of fused-ring (bicyclic) bond motifs is 1. The van der Waals surface area contributed by atoms with Gasteiger partial charge in [-0.1, -0.05) is 23.2 Å². The van der Waals surface area contributed by atoms with Crippen LogP contribution in [-0.4, -0.2) is 52.3 Å². The molecule has 23 heavy (non-hydrogen) atoms. The van der Waals surface area contributed by atoms with Crippen molar-refractivity contribution in [3.05, 3.63) is 33.9 Å². The quantitative estimate of drug-likeness (QED) is 0.855. The number of hydrogen-bond acceptors (Lipinski definition) is 2. The summed E-state index contributed by atoms with van der Waals surface area (Å²) in [6, 6.07) is 5.20. The van der Waals surface area contributed by atoms with Crippen LogP contribution in [0.15, 0.2) is 18.2 Å². The molecule has 1 fully saturated rings. The van der Waals surface area contributed by atoms with Gasteiger partial charge in [-0.15, -0.1) is 0 Å². The number of aromatic nitrogens is 1. The molecule has 0 bridgehead atoms. The number of nitrogens with one attached hydrogen (secondary N) is 1. The second-order valence-electron chi connectivity index (χ2n) is 5.82. The van der Waals surface area contributed by atoms with E-state index < -0.39 is 0 Å². The zero-order valence-corrected chi connectivity index (χ0v) is 14.4. The van der Waals surface area contributed by atoms with Gasteiger partial charge in [0.1, 0.15) is 5.69 Å². The van der Waals surface area contributed by atoms with Gasteiger partial charge in [0.25, 0.3) is 5.91 Å². The predicted molar refractivity (Wildman–Crippen MR) is 91.1 cm³/mol. The molecule has 0 saturated carbocycles. The standard InChI is InChI=1S/C16H17Cl2N3O2/c1-9-8-20(10(2)22)5-6-21(9)16(23)14-7-11-13(19-14)4-3-12(17)15(11)18/h3-4,7,9,19H,5-6,8H2,1-2H3/t9-/m0/s1. The summed E-state index contributed by atoms with van der Waals surface area (Å²) in [4.78, 5) is 30.9. The van der Waals surface area contributed by atoms with Gasteiger partial charge in [-0.05, 0) is 25.1 Å². The van der Waals surface area contributed by atoms with E-state index in [9.17, 15) is 9.59 Å². The van der Waals surface area contributed by atoms with Crippen molar-refractivity contribution in [1.82, 2.24) is 14.8 Å². The van der Waals surface area contributed by atoms with Gasteiger partial charge in [0.2, 0.25) is 5.91 Å². The fourth-order valence-corrected chi connectivity index (χ4v) is 3.34. The lowest BCUT2D eigenvalue weighted by Crippen LogP contribution is -2.55. The zero-order valence-electron chi connectivity index (χ0n) is 12.9. The number of hydrogen-bond donors (Lipinski definition) is 1. The van der Waals surface area contributed by atoms with Gasteiger partial charge in [-0.3, -0.25) is 9.59 Å². The van der Waals surface area contributed by atoms with Crippen LogP contribution in [-0.2, 0) is 4.79 Å². The van der Waals surface area contributed by atoms with Gasteiger partial charge in [0.15, 0.2) is 0 Å². The Balaban J connectivity index is 1.86. The van der Waals surface area contributed by atoms with Crippen LogP contribution in [0.1, 0.15) is 24.3 Å². The highest BCUT2D eigenvalue weighted by molar-refractivity contribution is 6.45. The summed E-state index contributed by atoms with van der Waals surface area (Å²) < 4.78 is 0. The first kappa shape index (κ1) is 16.1. The fourth-order valence-electron chi connectivity index (χ4n) is 2.96. The number of H-pyrrole nitrogens is 1. The molecule has 1 atom stereocenters. The summed E-state index contributed by atoms with van der Waals surface area (Å²) in [6.07, 6.45) is 0. The molecule has 1 aliphatic rings. The average Bonchev–Trinajstić information content (AvgIpc) is 2.95. The molecule has 2 amide bonds. The Morgan fingerprint density at radius 1 is 1.26 bits per heavy atom. The summed E-state index contributed by atoms with van der Waals surface area (Å²) in [7, 11) is 0. The normalized spacial score (nSPS) is 18.5. The highest BCUT2D eigenvalue weighted by atomic mass is 35.5. The predicted octanol–water partition coefficient (Wildman–Crippen LogP) is 3.17. The minimum absolute atomic E-state index is 0.0365. The third-order valence-electron chi connectivity index (χ3n) is 4.25. The minimum atomic E-state index is -0.0934. The van der Waals surface area contributed by atoms with E-state index in [1.807, 2.05) is 6.92 Å². The van der Waals surface area contributed by atoms with Crippen LogP contribution in [0.5, 0.6) is 0 Å². The minimum Gasteiger partial charge on any atom is -0.350 e. The number of carbonyl (C=O) groups is 2. The first-order valence-corrected chi connectivity index (χ1v) is 8.17. The second-order valence-corrected chi connectivity index (χ2v) is 6.60. The van der Waals surface area contributed by atoms with E-state index in [-0.39, 0.29) is 17.9 Å². The van der Waals surface area contributed by atoms with E-state index in [4.69, 9.17) is 23.2 Å². The maximum atomic E-state index is 12.8. The maximum Gasteiger partial charge on any atom is 0.270 e. The molecule has 3 rings (SSSR count). The van der Waals surface area contributed by atoms with Gasteiger partial charge in [0, 0.05) is 43.5 Å². The number of halogens is 2. The van der Waals surface area contributed by atoms with E-state index in [2.05, 4.69) is 4.98 Å². The van der Waals surface area contributed by atoms with E-state index >= 15 is 0 Å². The molecule has 0 unspecified atom stereocenters. The largest absolute Gasteiger partial charge is 0.350 e. The number of aromatic amines is 1. The molecule has 0 aliphatic carbocycles. The number of piperazine rings is 1. The lowest BCUT2D eigenvalue weighted by Gasteiger charge is -2.39. The van der Waals surface area contributed by atoms with E-state index in [1.54, 1.807) is 34.9 Å². The van der Waals surface area contributed by atoms with Gasteiger partial charge in [0.05, 0.1) is 10.0 Å². The Kier molecular flexibility index (Phi) is 4.25. The summed E-state index contributed by atoms with van der Waals surface area (Å²) in [5, 5.41) is 1.63. The number of nitrogens with zero attached hydrogens (tertiary/aromatic N) is 2. The number of benzene rings is 1. The van der Waals surface area contributed by atoms with Crippen LogP contribution in [0, 0.1) is 0 Å². The van der Waals surface area contributed by atoms with Crippen molar-refractivity contribution < 1.29 is 9.59 Å². The van der Waals surface area contributed by atoms with Crippen LogP contribution in [0.4, 0.5) is 0 Å². The van der Waals surface area contributed by atoms with Crippen molar-refractivity contribution in [2.24, 2.45) is 0 Å². The van der Waals surface area contributed by atoms with Crippen molar-refractivity contribution in [1.29, 1.82) is 0 Å². The summed E-state index contributed by atoms with van der Waals surface area (Å²) in [5.74, 6) is -0.0555. The molecule has 1 saturated heterocycles. The van der Waals surface area contributed by atoms with Gasteiger partial charge >= 0.3 is 0 Å². The van der Waals surface area contributed by atoms with Gasteiger partial charge in [-0.25, -0.2) is 0 Å². The van der Waals surface area contributed by atoms with Crippen LogP contribution < -0.4 is 0 Å². The van der Waals surface area contributed by atoms with Crippen molar-refractivity contribution in [3.63, 3.8) is 0 Å². The number of rotatable bonds is 1. The molecular weight excluding hydrogens is 337 g/mol. The second kappa shape index (κ2) is 6.06. The van der Waals surface area contributed by atoms with E-state index in [0.29, 0.717) is 35.4 Å². The number of carbonyl (C=O) groups excluding carboxylic acids is 2. The van der Waals surface area contributed by atoms with Crippen LogP contribution in [0.25, 0.3) is 10.9 Å². The third kappa shape index (κ3) is 2.91. The van der Waals surface area contributed by atoms with Crippen LogP contribution in [0.2, 0.25) is 10.0 Å². The summed E-state index contributed by atoms with van der Waals surface area (Å²) in [6.45, 7) is 5.11. The summed E-state index contributed by atoms with van der Waals surface area (Å²) in [5.41, 5.74) is 1.25. The van der Waals surface area contributed by atoms with Crippen molar-refractivity contribution in [2.45, 2.75) is 19.9 Å². The topological polar surface area (TPSA) is 56.4 Å². The van der Waals surface area contributed by atoms with Crippen molar-refractivity contribution >= 4 is 45.9 Å². The molecule has 5 nitrogen and oxygen atoms in total. The van der Waals surface area contributed by atoms with E-state index in [1.165, 1.54) is 0 Å². The first-order chi connectivity index (χ1) is 10.9. The SMILES string of the molecule is CC(=O)N1CCN(C(=O)c2cc3c(Cl)c(Cl)ccc3[nH]2)[C@@H](C)C1. The Morgan fingerprint density at radius 2 is 2.00 bits per heavy atom. The molecule has 1 aliphatic heterocycles. The van der Waals surface area contributed by atoms with E-state index in [0.717, 1.165) is 10.9 Å². The molecule has 0 radical (unpaired) electrons. The molecule has 2 aromatic rings. The summed E-state index contributed by atoms with van der Waals surface area (Å²) >= 11 is 12.2. The first-order valence-electron chi connectivity index (χ1n) is 7.41. The molecule has 2 heterocycles. The van der Waals surface area contributed by atoms with Crippen LogP contribution in [0.3, 0.4) is 0 Å². The highest BCUT2D eigenvalue weighted by Crippen LogP contribution is 2.31. The van der Waals surface area contributed by atoms with Crippen LogP contribution >= 0.6 is 23.2 Å². The highest BCUT2D eigenvalue weighted by Gasteiger charge is 2.30. The lowest BCUT2D eigenvalue weighted by molar-refractivity contribution is -0.131. The molecule has 1 N–H and O–H groups in total. The number of amides is 2. The Bertz CT molecular complexity index is 787. The Morgan fingerprint density at radius 3 is 2.65 bits per heavy atom. The molecule has 1 aromatic heterocycles. The smallest absolute Gasteiger partial charge is 0.270 e. The maximum absolute atomic E-state index is 12.8. The molecular formula is C16H17Cl2N3O2. The molecule has 0 spiro atoms. The Labute approximate surface area is 144 Å². The Hall–Kier alpha value is -1.72. The van der Waals surface area contributed by atoms with Gasteiger partial charge in [-0.2, -0.15) is 0 Å². The molecule has 122 valence electrons. The molecule has 7 heteroatoms. The fraction of sp³-hybridized carbons (Fsp3) is 0.375. The van der Waals surface area contributed by atoms with Crippen molar-refractivity contribution in [2.75, 3.05) is 19.6 Å².